The van der Waals surface area contributed by atoms with Gasteiger partial charge in [-0.3, -0.25) is 19.8 Å². The maximum Gasteiger partial charge on any atom is 0.323 e. The monoisotopic (exact) mass is 643 g/mol. The van der Waals surface area contributed by atoms with Crippen LogP contribution in [-0.2, 0) is 25.8 Å². The quantitative estimate of drug-likeness (QED) is 0.127. The maximum absolute atomic E-state index is 13.1. The largest absolute Gasteiger partial charge is 0.543 e. The molecule has 3 aliphatic heterocycles. The number of thiazole rings is 2. The number of aliphatic carboxylic acids is 1. The molecule has 2 saturated heterocycles. The Morgan fingerprint density at radius 2 is 2.07 bits per heavy atom. The Labute approximate surface area is 256 Å². The van der Waals surface area contributed by atoms with Gasteiger partial charge < -0.3 is 30.7 Å². The van der Waals surface area contributed by atoms with Crippen molar-refractivity contribution >= 4 is 84.4 Å². The summed E-state index contributed by atoms with van der Waals surface area (Å²) < 4.78 is 2.62. The molecule has 3 aliphatic rings. The summed E-state index contributed by atoms with van der Waals surface area (Å²) in [4.78, 5) is 67.0. The highest BCUT2D eigenvalue weighted by Crippen LogP contribution is 2.40. The lowest BCUT2D eigenvalue weighted by Crippen LogP contribution is -2.71. The molecule has 1 unspecified atom stereocenters. The number of likely N-dealkylation sites (tertiary alicyclic amines) is 1. The predicted octanol–water partition coefficient (Wildman–Crippen LogP) is -0.295. The lowest BCUT2D eigenvalue weighted by molar-refractivity contribution is -0.687. The number of thioether (sulfide) groups is 1. The number of hydrogen-bond acceptors (Lipinski definition) is 13. The molecule has 3 aromatic rings. The van der Waals surface area contributed by atoms with Crippen LogP contribution in [0, 0.1) is 0 Å². The Kier molecular flexibility index (Phi) is 7.89. The summed E-state index contributed by atoms with van der Waals surface area (Å²) in [6.07, 6.45) is 5.52. The molecule has 3 aromatic heterocycles. The summed E-state index contributed by atoms with van der Waals surface area (Å²) in [6, 6.07) is 0.678. The van der Waals surface area contributed by atoms with E-state index in [1.165, 1.54) is 35.6 Å². The number of β-lactam (4-membered cyclic amide) rings is 1. The van der Waals surface area contributed by atoms with E-state index in [0.29, 0.717) is 16.2 Å². The molecule has 0 aromatic carbocycles. The van der Waals surface area contributed by atoms with Crippen LogP contribution in [0.25, 0.3) is 10.2 Å². The molecule has 18 heteroatoms. The average molecular weight is 644 g/mol. The van der Waals surface area contributed by atoms with Crippen LogP contribution in [0.2, 0.25) is 0 Å². The van der Waals surface area contributed by atoms with E-state index in [0.717, 1.165) is 46.9 Å². The van der Waals surface area contributed by atoms with E-state index in [1.54, 1.807) is 21.9 Å². The van der Waals surface area contributed by atoms with Crippen LogP contribution >= 0.6 is 34.4 Å². The number of carboxylic acid groups (broad SMARTS) is 1. The molecule has 2 atom stereocenters. The third kappa shape index (κ3) is 5.59. The molecule has 0 aliphatic carbocycles. The average Bonchev–Trinajstić information content (AvgIpc) is 3.75. The van der Waals surface area contributed by atoms with Crippen molar-refractivity contribution in [3.8, 4) is 0 Å². The molecule has 0 radical (unpaired) electrons. The van der Waals surface area contributed by atoms with Crippen molar-refractivity contribution in [1.82, 2.24) is 25.1 Å². The van der Waals surface area contributed by atoms with E-state index in [9.17, 15) is 24.3 Å². The Balaban J connectivity index is 1.17. The van der Waals surface area contributed by atoms with Gasteiger partial charge in [0.1, 0.15) is 29.7 Å². The van der Waals surface area contributed by atoms with Crippen molar-refractivity contribution < 1.29 is 33.7 Å². The first-order valence-electron chi connectivity index (χ1n) is 13.1. The van der Waals surface area contributed by atoms with Crippen LogP contribution < -0.4 is 26.0 Å². The zero-order valence-corrected chi connectivity index (χ0v) is 25.1. The van der Waals surface area contributed by atoms with Crippen molar-refractivity contribution in [2.45, 2.75) is 30.8 Å². The third-order valence-corrected chi connectivity index (χ3v) is 10.0. The standard InChI is InChI=1S/C25H25N9O6S3/c1-40-31-16(14-11-42-23(26)27-14)19(35)29-17-20(36)34-18(22(37)38)12(10-41-21(17)34)8-32-7-4-15-13(9-32)28-24(43-15)30-25(39)33-5-2-3-6-33/h4,7,9,11,17,21H,2-3,5-6,8,10H2,1H3,(H4-,26,27,28,29,30,35,37,38,39)/b31-16-/t17?,21-/m1/s1. The number of amides is 4. The molecule has 0 saturated carbocycles. The first-order chi connectivity index (χ1) is 20.7. The summed E-state index contributed by atoms with van der Waals surface area (Å²) in [5.41, 5.74) is 6.59. The fourth-order valence-corrected chi connectivity index (χ4v) is 7.78. The van der Waals surface area contributed by atoms with Crippen molar-refractivity contribution in [3.63, 3.8) is 0 Å². The fourth-order valence-electron chi connectivity index (χ4n) is 5.08. The van der Waals surface area contributed by atoms with Crippen LogP contribution in [0.5, 0.6) is 0 Å². The molecule has 0 bridgehead atoms. The number of urea groups is 1. The van der Waals surface area contributed by atoms with Gasteiger partial charge in [0.15, 0.2) is 34.9 Å². The third-order valence-electron chi connectivity index (χ3n) is 7.06. The van der Waals surface area contributed by atoms with Gasteiger partial charge >= 0.3 is 6.03 Å². The predicted molar refractivity (Wildman–Crippen MR) is 157 cm³/mol. The second-order valence-electron chi connectivity index (χ2n) is 9.80. The molecule has 43 heavy (non-hydrogen) atoms. The molecule has 2 fully saturated rings. The number of nitrogens with two attached hydrogens (primary N) is 1. The number of nitrogen functional groups attached to an aromatic ring is 1. The molecular weight excluding hydrogens is 619 g/mol. The van der Waals surface area contributed by atoms with E-state index in [4.69, 9.17) is 10.6 Å². The summed E-state index contributed by atoms with van der Waals surface area (Å²) in [7, 11) is 1.27. The number of hydrogen-bond donors (Lipinski definition) is 3. The van der Waals surface area contributed by atoms with Gasteiger partial charge in [-0.15, -0.1) is 23.1 Å². The highest BCUT2D eigenvalue weighted by atomic mass is 32.2. The zero-order valence-electron chi connectivity index (χ0n) is 22.6. The Morgan fingerprint density at radius 3 is 2.77 bits per heavy atom. The zero-order chi connectivity index (χ0) is 30.2. The molecule has 15 nitrogen and oxygen atoms in total. The van der Waals surface area contributed by atoms with Gasteiger partial charge in [0, 0.05) is 35.9 Å². The molecule has 0 spiro atoms. The van der Waals surface area contributed by atoms with Crippen LogP contribution in [0.15, 0.2) is 40.3 Å². The van der Waals surface area contributed by atoms with Crippen molar-refractivity contribution in [2.75, 3.05) is 37.0 Å². The lowest BCUT2D eigenvalue weighted by atomic mass is 10.0. The topological polar surface area (TPSA) is 199 Å². The van der Waals surface area contributed by atoms with Gasteiger partial charge in [0.05, 0.1) is 16.4 Å². The van der Waals surface area contributed by atoms with Gasteiger partial charge in [0.25, 0.3) is 11.8 Å². The van der Waals surface area contributed by atoms with Crippen LogP contribution in [0.3, 0.4) is 0 Å². The number of carboxylic acids is 1. The van der Waals surface area contributed by atoms with E-state index < -0.39 is 29.2 Å². The molecule has 224 valence electrons. The summed E-state index contributed by atoms with van der Waals surface area (Å²) in [5, 5.41) is 23.0. The number of nitrogens with zero attached hydrogens (tertiary/aromatic N) is 6. The molecule has 4 N–H and O–H groups in total. The summed E-state index contributed by atoms with van der Waals surface area (Å²) >= 11 is 3.79. The van der Waals surface area contributed by atoms with Gasteiger partial charge in [-0.2, -0.15) is 4.57 Å². The smallest absolute Gasteiger partial charge is 0.323 e. The first-order valence-corrected chi connectivity index (χ1v) is 15.8. The number of aromatic nitrogens is 3. The highest BCUT2D eigenvalue weighted by Gasteiger charge is 2.53. The van der Waals surface area contributed by atoms with Gasteiger partial charge in [0.2, 0.25) is 0 Å². The maximum atomic E-state index is 13.1. The fraction of sp³-hybridized carbons (Fsp3) is 0.360. The first kappa shape index (κ1) is 28.8. The number of oxime groups is 1. The lowest BCUT2D eigenvalue weighted by Gasteiger charge is -2.50. The molecule has 6 heterocycles. The van der Waals surface area contributed by atoms with Crippen molar-refractivity contribution in [1.29, 1.82) is 0 Å². The van der Waals surface area contributed by atoms with E-state index >= 15 is 0 Å². The SMILES string of the molecule is CO/N=C(\C(=O)NC1C(=O)N2C(C(=O)[O-])=C(C[n+]3ccc4sc(NC(=O)N5CCCC5)nc4c3)CS[C@H]12)c1csc(N)n1. The minimum atomic E-state index is -1.49. The van der Waals surface area contributed by atoms with Crippen molar-refractivity contribution in [3.05, 3.63) is 40.8 Å². The second-order valence-corrected chi connectivity index (χ2v) is 12.8. The summed E-state index contributed by atoms with van der Waals surface area (Å²) in [6.45, 7) is 1.62. The van der Waals surface area contributed by atoms with E-state index in [-0.39, 0.29) is 40.6 Å². The molecule has 6 rings (SSSR count). The minimum absolute atomic E-state index is 0.161. The number of fused-ring (bicyclic) bond motifs is 2. The number of carbonyl (C=O) groups is 4. The van der Waals surface area contributed by atoms with Gasteiger partial charge in [-0.05, 0) is 12.8 Å². The van der Waals surface area contributed by atoms with Crippen LogP contribution in [0.1, 0.15) is 18.5 Å². The van der Waals surface area contributed by atoms with Gasteiger partial charge in [-0.25, -0.2) is 14.8 Å². The Bertz CT molecular complexity index is 1700. The molecule has 4 amide bonds. The number of carbonyl (C=O) groups excluding carboxylic acids is 4. The number of anilines is 2. The second kappa shape index (κ2) is 11.8. The highest BCUT2D eigenvalue weighted by molar-refractivity contribution is 8.00. The minimum Gasteiger partial charge on any atom is -0.543 e. The summed E-state index contributed by atoms with van der Waals surface area (Å²) in [5.74, 6) is -2.50. The molecular formula is C25H25N9O6S3. The number of nitrogens with one attached hydrogen (secondary N) is 2. The normalized spacial score (nSPS) is 20.2. The number of rotatable bonds is 8. The van der Waals surface area contributed by atoms with E-state index in [1.807, 2.05) is 6.07 Å². The van der Waals surface area contributed by atoms with Crippen LogP contribution in [0.4, 0.5) is 15.1 Å². The van der Waals surface area contributed by atoms with E-state index in [2.05, 4.69) is 25.8 Å². The van der Waals surface area contributed by atoms with Crippen molar-refractivity contribution in [2.24, 2.45) is 5.16 Å². The van der Waals surface area contributed by atoms with Gasteiger partial charge in [-0.1, -0.05) is 16.5 Å². The number of pyridine rings is 1. The van der Waals surface area contributed by atoms with Crippen LogP contribution in [-0.4, -0.2) is 86.7 Å². The Hall–Kier alpha value is -4.29. The Morgan fingerprint density at radius 1 is 1.28 bits per heavy atom.